The van der Waals surface area contributed by atoms with E-state index in [1.54, 1.807) is 19.2 Å². The van der Waals surface area contributed by atoms with E-state index < -0.39 is 4.92 Å². The number of carbonyl (C=O) groups is 1. The summed E-state index contributed by atoms with van der Waals surface area (Å²) in [5.41, 5.74) is 0.864. The third-order valence-electron chi connectivity index (χ3n) is 2.29. The predicted molar refractivity (Wildman–Crippen MR) is 48.9 cm³/mol. The first-order valence-corrected chi connectivity index (χ1v) is 4.13. The normalized spacial score (nSPS) is 14.4. The summed E-state index contributed by atoms with van der Waals surface area (Å²) in [7, 11) is 1.63. The number of nitro benzene ring substituents is 1. The summed E-state index contributed by atoms with van der Waals surface area (Å²) < 4.78 is 0. The average molecular weight is 192 g/mol. The number of nitro groups is 1. The molecule has 14 heavy (non-hydrogen) atoms. The standard InChI is InChI=1S/C9H8N2O3/c1-10-5-6-3-2-4-7(11(13)14)8(6)9(10)12/h2-4H,5H2,1H3. The van der Waals surface area contributed by atoms with Gasteiger partial charge in [0.05, 0.1) is 4.92 Å². The number of hydrogen-bond acceptors (Lipinski definition) is 3. The second-order valence-electron chi connectivity index (χ2n) is 3.23. The molecule has 0 unspecified atom stereocenters. The zero-order valence-electron chi connectivity index (χ0n) is 7.56. The van der Waals surface area contributed by atoms with Crippen molar-refractivity contribution in [3.8, 4) is 0 Å². The van der Waals surface area contributed by atoms with Crippen molar-refractivity contribution >= 4 is 11.6 Å². The van der Waals surface area contributed by atoms with Crippen LogP contribution in [0.2, 0.25) is 0 Å². The maximum Gasteiger partial charge on any atom is 0.282 e. The largest absolute Gasteiger partial charge is 0.337 e. The molecule has 0 saturated heterocycles. The van der Waals surface area contributed by atoms with E-state index in [1.165, 1.54) is 11.0 Å². The molecule has 1 aromatic carbocycles. The molecule has 1 amide bonds. The van der Waals surface area contributed by atoms with Gasteiger partial charge < -0.3 is 4.90 Å². The van der Waals surface area contributed by atoms with E-state index in [0.717, 1.165) is 5.56 Å². The quantitative estimate of drug-likeness (QED) is 0.495. The summed E-state index contributed by atoms with van der Waals surface area (Å²) >= 11 is 0. The van der Waals surface area contributed by atoms with Crippen LogP contribution in [0.5, 0.6) is 0 Å². The van der Waals surface area contributed by atoms with Crippen molar-refractivity contribution in [2.75, 3.05) is 7.05 Å². The monoisotopic (exact) mass is 192 g/mol. The Kier molecular flexibility index (Phi) is 1.73. The van der Waals surface area contributed by atoms with Gasteiger partial charge >= 0.3 is 0 Å². The molecule has 1 aromatic rings. The van der Waals surface area contributed by atoms with Gasteiger partial charge in [-0.05, 0) is 5.56 Å². The fourth-order valence-electron chi connectivity index (χ4n) is 1.64. The van der Waals surface area contributed by atoms with Crippen molar-refractivity contribution in [2.24, 2.45) is 0 Å². The highest BCUT2D eigenvalue weighted by molar-refractivity contribution is 6.01. The van der Waals surface area contributed by atoms with Gasteiger partial charge in [0, 0.05) is 19.7 Å². The minimum atomic E-state index is -0.518. The van der Waals surface area contributed by atoms with Gasteiger partial charge in [0.2, 0.25) is 0 Å². The van der Waals surface area contributed by atoms with Crippen LogP contribution in [0.15, 0.2) is 18.2 Å². The van der Waals surface area contributed by atoms with E-state index in [9.17, 15) is 14.9 Å². The van der Waals surface area contributed by atoms with Crippen molar-refractivity contribution in [3.05, 3.63) is 39.4 Å². The Balaban J connectivity index is 2.64. The van der Waals surface area contributed by atoms with Crippen LogP contribution in [-0.4, -0.2) is 22.8 Å². The maximum atomic E-state index is 11.5. The number of benzene rings is 1. The van der Waals surface area contributed by atoms with Crippen molar-refractivity contribution in [1.29, 1.82) is 0 Å². The summed E-state index contributed by atoms with van der Waals surface area (Å²) in [6.07, 6.45) is 0. The van der Waals surface area contributed by atoms with Crippen molar-refractivity contribution in [2.45, 2.75) is 6.54 Å². The third-order valence-corrected chi connectivity index (χ3v) is 2.29. The van der Waals surface area contributed by atoms with Crippen LogP contribution in [0.4, 0.5) is 5.69 Å². The Morgan fingerprint density at radius 3 is 2.86 bits per heavy atom. The molecule has 1 heterocycles. The molecule has 1 aliphatic heterocycles. The molecule has 72 valence electrons. The summed E-state index contributed by atoms with van der Waals surface area (Å²) in [5.74, 6) is -0.271. The van der Waals surface area contributed by atoms with Crippen LogP contribution in [-0.2, 0) is 6.54 Å². The van der Waals surface area contributed by atoms with Crippen LogP contribution in [0.25, 0.3) is 0 Å². The molecule has 0 fully saturated rings. The Labute approximate surface area is 80.1 Å². The van der Waals surface area contributed by atoms with E-state index in [4.69, 9.17) is 0 Å². The molecule has 0 radical (unpaired) electrons. The Hall–Kier alpha value is -1.91. The number of hydrogen-bond donors (Lipinski definition) is 0. The fraction of sp³-hybridized carbons (Fsp3) is 0.222. The zero-order valence-corrected chi connectivity index (χ0v) is 7.56. The smallest absolute Gasteiger partial charge is 0.282 e. The van der Waals surface area contributed by atoms with Gasteiger partial charge in [-0.3, -0.25) is 14.9 Å². The Morgan fingerprint density at radius 2 is 2.21 bits per heavy atom. The molecule has 0 saturated carbocycles. The molecular formula is C9H8N2O3. The Morgan fingerprint density at radius 1 is 1.50 bits per heavy atom. The minimum Gasteiger partial charge on any atom is -0.337 e. The summed E-state index contributed by atoms with van der Waals surface area (Å²) in [5, 5.41) is 10.6. The summed E-state index contributed by atoms with van der Waals surface area (Å²) in [4.78, 5) is 23.1. The highest BCUT2D eigenvalue weighted by atomic mass is 16.6. The van der Waals surface area contributed by atoms with Gasteiger partial charge in [0.25, 0.3) is 11.6 Å². The molecule has 0 aliphatic carbocycles. The number of amides is 1. The SMILES string of the molecule is CN1Cc2cccc([N+](=O)[O-])c2C1=O. The van der Waals surface area contributed by atoms with E-state index in [0.29, 0.717) is 6.54 Å². The first-order chi connectivity index (χ1) is 6.61. The molecule has 2 rings (SSSR count). The van der Waals surface area contributed by atoms with Crippen LogP contribution >= 0.6 is 0 Å². The molecule has 0 N–H and O–H groups in total. The number of fused-ring (bicyclic) bond motifs is 1. The van der Waals surface area contributed by atoms with Crippen LogP contribution in [0.3, 0.4) is 0 Å². The second-order valence-corrected chi connectivity index (χ2v) is 3.23. The highest BCUT2D eigenvalue weighted by Gasteiger charge is 2.31. The topological polar surface area (TPSA) is 63.4 Å². The van der Waals surface area contributed by atoms with Gasteiger partial charge in [-0.15, -0.1) is 0 Å². The molecule has 5 nitrogen and oxygen atoms in total. The summed E-state index contributed by atoms with van der Waals surface area (Å²) in [6.45, 7) is 0.454. The lowest BCUT2D eigenvalue weighted by Gasteiger charge is -2.04. The third kappa shape index (κ3) is 1.06. The molecule has 1 aliphatic rings. The van der Waals surface area contributed by atoms with Crippen molar-refractivity contribution in [3.63, 3.8) is 0 Å². The average Bonchev–Trinajstić information content (AvgIpc) is 2.43. The lowest BCUT2D eigenvalue weighted by atomic mass is 10.1. The van der Waals surface area contributed by atoms with E-state index >= 15 is 0 Å². The fourth-order valence-corrected chi connectivity index (χ4v) is 1.64. The van der Waals surface area contributed by atoms with Gasteiger partial charge in [0.15, 0.2) is 0 Å². The van der Waals surface area contributed by atoms with Gasteiger partial charge in [0.1, 0.15) is 5.56 Å². The van der Waals surface area contributed by atoms with Crippen LogP contribution in [0.1, 0.15) is 15.9 Å². The van der Waals surface area contributed by atoms with Gasteiger partial charge in [-0.2, -0.15) is 0 Å². The molecule has 0 aromatic heterocycles. The maximum absolute atomic E-state index is 11.5. The first-order valence-electron chi connectivity index (χ1n) is 4.13. The van der Waals surface area contributed by atoms with E-state index in [1.807, 2.05) is 0 Å². The van der Waals surface area contributed by atoms with Crippen LogP contribution < -0.4 is 0 Å². The van der Waals surface area contributed by atoms with Gasteiger partial charge in [-0.1, -0.05) is 12.1 Å². The van der Waals surface area contributed by atoms with Gasteiger partial charge in [-0.25, -0.2) is 0 Å². The lowest BCUT2D eigenvalue weighted by Crippen LogP contribution is -2.18. The molecule has 0 atom stereocenters. The van der Waals surface area contributed by atoms with E-state index in [-0.39, 0.29) is 17.2 Å². The zero-order chi connectivity index (χ0) is 10.3. The second kappa shape index (κ2) is 2.80. The molecule has 5 heteroatoms. The van der Waals surface area contributed by atoms with Crippen LogP contribution in [0, 0.1) is 10.1 Å². The minimum absolute atomic E-state index is 0.100. The van der Waals surface area contributed by atoms with Crippen molar-refractivity contribution in [1.82, 2.24) is 4.90 Å². The molecular weight excluding hydrogens is 184 g/mol. The summed E-state index contributed by atoms with van der Waals surface area (Å²) in [6, 6.07) is 4.70. The lowest BCUT2D eigenvalue weighted by molar-refractivity contribution is -0.385. The molecule has 0 bridgehead atoms. The number of nitrogens with zero attached hydrogens (tertiary/aromatic N) is 2. The van der Waals surface area contributed by atoms with E-state index in [2.05, 4.69) is 0 Å². The Bertz CT molecular complexity index is 428. The number of carbonyl (C=O) groups excluding carboxylic acids is 1. The van der Waals surface area contributed by atoms with Crippen molar-refractivity contribution < 1.29 is 9.72 Å². The predicted octanol–water partition coefficient (Wildman–Crippen LogP) is 1.18. The highest BCUT2D eigenvalue weighted by Crippen LogP contribution is 2.29. The first kappa shape index (κ1) is 8.68. The number of rotatable bonds is 1. The molecule has 0 spiro atoms.